The Labute approximate surface area is 186 Å². The Hall–Kier alpha value is -2.70. The van der Waals surface area contributed by atoms with Crippen LogP contribution in [-0.4, -0.2) is 52.7 Å². The monoisotopic (exact) mass is 438 g/mol. The molecule has 0 saturated carbocycles. The van der Waals surface area contributed by atoms with Gasteiger partial charge in [0, 0.05) is 49.9 Å². The highest BCUT2D eigenvalue weighted by molar-refractivity contribution is 6.30. The summed E-state index contributed by atoms with van der Waals surface area (Å²) < 4.78 is 13.3. The normalized spacial score (nSPS) is 19.3. The third-order valence-corrected chi connectivity index (χ3v) is 6.28. The van der Waals surface area contributed by atoms with Gasteiger partial charge in [0.15, 0.2) is 0 Å². The Morgan fingerprint density at radius 1 is 1.03 bits per heavy atom. The number of guanidine groups is 1. The van der Waals surface area contributed by atoms with Gasteiger partial charge in [-0.25, -0.2) is 4.39 Å². The summed E-state index contributed by atoms with van der Waals surface area (Å²) in [7, 11) is 0. The van der Waals surface area contributed by atoms with Crippen molar-refractivity contribution >= 4 is 23.5 Å². The maximum atomic E-state index is 13.6. The van der Waals surface area contributed by atoms with Crippen LogP contribution in [0, 0.1) is 5.82 Å². The molecule has 3 aliphatic heterocycles. The van der Waals surface area contributed by atoms with Crippen LogP contribution in [0.15, 0.2) is 64.8 Å². The molecule has 0 radical (unpaired) electrons. The van der Waals surface area contributed by atoms with Gasteiger partial charge >= 0.3 is 0 Å². The van der Waals surface area contributed by atoms with Crippen molar-refractivity contribution in [2.75, 3.05) is 26.2 Å². The van der Waals surface area contributed by atoms with Crippen molar-refractivity contribution in [1.82, 2.24) is 14.7 Å². The number of benzene rings is 2. The summed E-state index contributed by atoms with van der Waals surface area (Å²) in [5.41, 5.74) is 3.99. The van der Waals surface area contributed by atoms with Gasteiger partial charge in [0.25, 0.3) is 5.91 Å². The van der Waals surface area contributed by atoms with Crippen molar-refractivity contribution < 1.29 is 9.18 Å². The molecule has 0 N–H and O–H groups in total. The van der Waals surface area contributed by atoms with Crippen LogP contribution in [0.3, 0.4) is 0 Å². The lowest BCUT2D eigenvalue weighted by Gasteiger charge is -2.45. The van der Waals surface area contributed by atoms with Gasteiger partial charge in [0.2, 0.25) is 5.96 Å². The predicted molar refractivity (Wildman–Crippen MR) is 119 cm³/mol. The average molecular weight is 439 g/mol. The maximum Gasteiger partial charge on any atom is 0.259 e. The zero-order valence-corrected chi connectivity index (χ0v) is 18.0. The number of carbonyl (C=O) groups excluding carboxylic acids is 1. The molecular formula is C24H24ClFN4O. The molecule has 0 aromatic heterocycles. The van der Waals surface area contributed by atoms with E-state index in [1.165, 1.54) is 12.1 Å². The summed E-state index contributed by atoms with van der Waals surface area (Å²) in [6.07, 6.45) is 1.80. The molecule has 160 valence electrons. The van der Waals surface area contributed by atoms with Gasteiger partial charge in [-0.05, 0) is 41.8 Å². The van der Waals surface area contributed by atoms with Crippen LogP contribution in [0.5, 0.6) is 0 Å². The standard InChI is InChI=1S/C24H24ClFN4O/c25-19-4-1-3-18(13-19)14-28-12-9-22-21(16-28)23(31)30(24-27-10-2-11-29(22)24)15-17-5-7-20(26)8-6-17/h1,3-8,13H,2,9-12,14-16H2. The first-order chi connectivity index (χ1) is 15.1. The van der Waals surface area contributed by atoms with Crippen molar-refractivity contribution in [3.8, 4) is 0 Å². The number of halogens is 2. The highest BCUT2D eigenvalue weighted by Gasteiger charge is 2.40. The number of carbonyl (C=O) groups is 1. The zero-order valence-electron chi connectivity index (χ0n) is 17.2. The first-order valence-electron chi connectivity index (χ1n) is 10.7. The minimum atomic E-state index is -0.278. The fourth-order valence-corrected chi connectivity index (χ4v) is 4.79. The molecule has 5 nitrogen and oxygen atoms in total. The van der Waals surface area contributed by atoms with E-state index in [4.69, 9.17) is 16.6 Å². The molecule has 2 aromatic carbocycles. The van der Waals surface area contributed by atoms with E-state index in [-0.39, 0.29) is 11.7 Å². The van der Waals surface area contributed by atoms with Gasteiger partial charge < -0.3 is 4.90 Å². The SMILES string of the molecule is O=C1C2=C(CCN(Cc3cccc(Cl)c3)C2)N2CCCN=C2N1Cc1ccc(F)cc1. The fraction of sp³-hybridized carbons (Fsp3) is 0.333. The highest BCUT2D eigenvalue weighted by atomic mass is 35.5. The lowest BCUT2D eigenvalue weighted by Crippen LogP contribution is -2.56. The largest absolute Gasteiger partial charge is 0.315 e. The van der Waals surface area contributed by atoms with Crippen LogP contribution < -0.4 is 0 Å². The topological polar surface area (TPSA) is 39.2 Å². The summed E-state index contributed by atoms with van der Waals surface area (Å²) in [6, 6.07) is 14.2. The summed E-state index contributed by atoms with van der Waals surface area (Å²) >= 11 is 6.15. The first kappa shape index (κ1) is 20.2. The molecule has 7 heteroatoms. The van der Waals surface area contributed by atoms with Crippen LogP contribution in [0.1, 0.15) is 24.0 Å². The second-order valence-corrected chi connectivity index (χ2v) is 8.66. The fourth-order valence-electron chi connectivity index (χ4n) is 4.57. The Morgan fingerprint density at radius 2 is 1.87 bits per heavy atom. The molecular weight excluding hydrogens is 415 g/mol. The van der Waals surface area contributed by atoms with Crippen LogP contribution in [0.2, 0.25) is 5.02 Å². The molecule has 0 spiro atoms. The summed E-state index contributed by atoms with van der Waals surface area (Å²) in [5, 5.41) is 0.725. The number of hydrogen-bond acceptors (Lipinski definition) is 4. The molecule has 0 atom stereocenters. The molecule has 31 heavy (non-hydrogen) atoms. The summed E-state index contributed by atoms with van der Waals surface area (Å²) in [4.78, 5) is 24.5. The van der Waals surface area contributed by atoms with Gasteiger partial charge in [-0.2, -0.15) is 0 Å². The van der Waals surface area contributed by atoms with Crippen LogP contribution in [0.4, 0.5) is 4.39 Å². The van der Waals surface area contributed by atoms with E-state index in [2.05, 4.69) is 15.9 Å². The van der Waals surface area contributed by atoms with E-state index in [1.54, 1.807) is 17.0 Å². The first-order valence-corrected chi connectivity index (χ1v) is 11.0. The van der Waals surface area contributed by atoms with Crippen molar-refractivity contribution in [2.24, 2.45) is 4.99 Å². The molecule has 0 saturated heterocycles. The average Bonchev–Trinajstić information content (AvgIpc) is 2.78. The molecule has 0 aliphatic carbocycles. The zero-order chi connectivity index (χ0) is 21.4. The Morgan fingerprint density at radius 3 is 2.68 bits per heavy atom. The number of hydrogen-bond donors (Lipinski definition) is 0. The molecule has 2 aromatic rings. The van der Waals surface area contributed by atoms with Crippen LogP contribution in [0.25, 0.3) is 0 Å². The molecule has 0 unspecified atom stereocenters. The second-order valence-electron chi connectivity index (χ2n) is 8.22. The van der Waals surface area contributed by atoms with Crippen LogP contribution >= 0.6 is 11.6 Å². The molecule has 5 rings (SSSR count). The van der Waals surface area contributed by atoms with Crippen molar-refractivity contribution in [3.05, 3.63) is 81.8 Å². The van der Waals surface area contributed by atoms with E-state index in [0.717, 1.165) is 72.4 Å². The molecule has 1 amide bonds. The van der Waals surface area contributed by atoms with Gasteiger partial charge in [0.05, 0.1) is 12.1 Å². The molecule has 3 heterocycles. The van der Waals surface area contributed by atoms with Crippen molar-refractivity contribution in [3.63, 3.8) is 0 Å². The highest BCUT2D eigenvalue weighted by Crippen LogP contribution is 2.32. The molecule has 0 bridgehead atoms. The Bertz CT molecular complexity index is 1070. The van der Waals surface area contributed by atoms with E-state index in [0.29, 0.717) is 13.1 Å². The van der Waals surface area contributed by atoms with Gasteiger partial charge in [-0.3, -0.25) is 19.6 Å². The quantitative estimate of drug-likeness (QED) is 0.723. The van der Waals surface area contributed by atoms with E-state index in [1.807, 2.05) is 18.2 Å². The lowest BCUT2D eigenvalue weighted by molar-refractivity contribution is -0.125. The van der Waals surface area contributed by atoms with E-state index >= 15 is 0 Å². The van der Waals surface area contributed by atoms with Crippen LogP contribution in [-0.2, 0) is 17.9 Å². The van der Waals surface area contributed by atoms with Gasteiger partial charge in [-0.15, -0.1) is 0 Å². The lowest BCUT2D eigenvalue weighted by atomic mass is 9.99. The third kappa shape index (κ3) is 4.10. The number of fused-ring (bicyclic) bond motifs is 2. The molecule has 3 aliphatic rings. The van der Waals surface area contributed by atoms with E-state index in [9.17, 15) is 9.18 Å². The van der Waals surface area contributed by atoms with Gasteiger partial charge in [-0.1, -0.05) is 35.9 Å². The Kier molecular flexibility index (Phi) is 5.50. The number of rotatable bonds is 4. The second kappa shape index (κ2) is 8.44. The van der Waals surface area contributed by atoms with Gasteiger partial charge in [0.1, 0.15) is 5.82 Å². The van der Waals surface area contributed by atoms with E-state index < -0.39 is 0 Å². The predicted octanol–water partition coefficient (Wildman–Crippen LogP) is 4.04. The smallest absolute Gasteiger partial charge is 0.259 e. The minimum Gasteiger partial charge on any atom is -0.315 e. The Balaban J connectivity index is 1.42. The van der Waals surface area contributed by atoms with Crippen molar-refractivity contribution in [2.45, 2.75) is 25.9 Å². The minimum absolute atomic E-state index is 0.00650. The van der Waals surface area contributed by atoms with Crippen molar-refractivity contribution in [1.29, 1.82) is 0 Å². The summed E-state index contributed by atoms with van der Waals surface area (Å²) in [5.74, 6) is 0.467. The number of nitrogens with zero attached hydrogens (tertiary/aromatic N) is 4. The summed E-state index contributed by atoms with van der Waals surface area (Å²) in [6.45, 7) is 4.23. The number of aliphatic imine (C=N–C) groups is 1. The maximum absolute atomic E-state index is 13.6. The number of amides is 1. The third-order valence-electron chi connectivity index (χ3n) is 6.05. The molecule has 0 fully saturated rings.